The second-order valence-electron chi connectivity index (χ2n) is 4.62. The van der Waals surface area contributed by atoms with Gasteiger partial charge < -0.3 is 14.8 Å². The molecule has 0 aliphatic rings. The van der Waals surface area contributed by atoms with Crippen molar-refractivity contribution >= 4 is 18.0 Å². The number of hydrogen-bond donors (Lipinski definition) is 1. The van der Waals surface area contributed by atoms with E-state index in [1.807, 2.05) is 0 Å². The molecule has 0 bridgehead atoms. The summed E-state index contributed by atoms with van der Waals surface area (Å²) in [7, 11) is 1.54. The third-order valence-electron chi connectivity index (χ3n) is 2.89. The summed E-state index contributed by atoms with van der Waals surface area (Å²) >= 11 is 0. The Bertz CT molecular complexity index is 717. The molecule has 1 amide bonds. The first kappa shape index (κ1) is 17.1. The van der Waals surface area contributed by atoms with Gasteiger partial charge in [0.2, 0.25) is 0 Å². The molecule has 0 aromatic carbocycles. The van der Waals surface area contributed by atoms with Crippen LogP contribution in [0.5, 0.6) is 5.75 Å². The molecule has 2 aromatic rings. The molecule has 7 nitrogen and oxygen atoms in total. The lowest BCUT2D eigenvalue weighted by molar-refractivity contribution is -0.138. The molecular formula is C17H17N3O4. The molecule has 2 aromatic heterocycles. The lowest BCUT2D eigenvalue weighted by atomic mass is 10.2. The van der Waals surface area contributed by atoms with Crippen LogP contribution in [0.25, 0.3) is 6.08 Å². The molecule has 0 saturated heterocycles. The number of amides is 1. The highest BCUT2D eigenvalue weighted by molar-refractivity contribution is 5.94. The lowest BCUT2D eigenvalue weighted by Crippen LogP contribution is -2.17. The van der Waals surface area contributed by atoms with E-state index < -0.39 is 5.97 Å². The van der Waals surface area contributed by atoms with Crippen molar-refractivity contribution in [2.45, 2.75) is 0 Å². The Kier molecular flexibility index (Phi) is 6.46. The van der Waals surface area contributed by atoms with Crippen LogP contribution >= 0.6 is 0 Å². The van der Waals surface area contributed by atoms with Crippen LogP contribution < -0.4 is 10.1 Å². The zero-order chi connectivity index (χ0) is 17.2. The largest absolute Gasteiger partial charge is 0.488 e. The fourth-order valence-corrected chi connectivity index (χ4v) is 1.76. The minimum Gasteiger partial charge on any atom is -0.488 e. The number of esters is 1. The predicted octanol–water partition coefficient (Wildman–Crippen LogP) is 1.47. The first-order valence-corrected chi connectivity index (χ1v) is 7.24. The number of ether oxygens (including phenoxy) is 2. The summed E-state index contributed by atoms with van der Waals surface area (Å²) in [6.45, 7) is 0.355. The predicted molar refractivity (Wildman–Crippen MR) is 87.4 cm³/mol. The lowest BCUT2D eigenvalue weighted by Gasteiger charge is -2.05. The Morgan fingerprint density at radius 3 is 2.83 bits per heavy atom. The molecule has 2 heterocycles. The van der Waals surface area contributed by atoms with E-state index in [1.165, 1.54) is 25.4 Å². The van der Waals surface area contributed by atoms with E-state index in [0.717, 1.165) is 0 Å². The van der Waals surface area contributed by atoms with Crippen molar-refractivity contribution in [2.24, 2.45) is 0 Å². The number of nitrogens with one attached hydrogen (secondary N) is 1. The number of hydrogen-bond acceptors (Lipinski definition) is 6. The number of nitrogens with zero attached hydrogens (tertiary/aromatic N) is 2. The summed E-state index contributed by atoms with van der Waals surface area (Å²) in [5, 5.41) is 2.51. The van der Waals surface area contributed by atoms with Gasteiger partial charge in [0.25, 0.3) is 5.91 Å². The molecule has 0 aliphatic heterocycles. The monoisotopic (exact) mass is 327 g/mol. The van der Waals surface area contributed by atoms with Gasteiger partial charge in [-0.1, -0.05) is 0 Å². The van der Waals surface area contributed by atoms with Gasteiger partial charge in [-0.15, -0.1) is 0 Å². The van der Waals surface area contributed by atoms with Gasteiger partial charge in [-0.2, -0.15) is 0 Å². The van der Waals surface area contributed by atoms with Crippen LogP contribution in [0.15, 0.2) is 49.1 Å². The van der Waals surface area contributed by atoms with Gasteiger partial charge in [0.1, 0.15) is 19.0 Å². The standard InChI is InChI=1S/C17H17N3O4/c1-18-17(22)14-9-13(10-20-11-14)4-5-16(21)24-8-7-23-15-3-2-6-19-12-15/h2-6,9-12H,7-8H2,1H3,(H,18,22)/b5-4+. The van der Waals surface area contributed by atoms with Gasteiger partial charge >= 0.3 is 5.97 Å². The van der Waals surface area contributed by atoms with Crippen molar-refractivity contribution in [3.63, 3.8) is 0 Å². The molecule has 0 spiro atoms. The Labute approximate surface area is 139 Å². The Hall–Kier alpha value is -3.22. The number of rotatable bonds is 7. The highest BCUT2D eigenvalue weighted by atomic mass is 16.6. The van der Waals surface area contributed by atoms with Crippen LogP contribution in [0.2, 0.25) is 0 Å². The minimum absolute atomic E-state index is 0.120. The maximum absolute atomic E-state index is 11.6. The molecule has 24 heavy (non-hydrogen) atoms. The SMILES string of the molecule is CNC(=O)c1cncc(/C=C/C(=O)OCCOc2cccnc2)c1. The van der Waals surface area contributed by atoms with Crippen molar-refractivity contribution in [3.8, 4) is 5.75 Å². The van der Waals surface area contributed by atoms with Crippen LogP contribution in [0.3, 0.4) is 0 Å². The molecule has 1 N–H and O–H groups in total. The fourth-order valence-electron chi connectivity index (χ4n) is 1.76. The topological polar surface area (TPSA) is 90.4 Å². The number of carbonyl (C=O) groups excluding carboxylic acids is 2. The summed E-state index contributed by atoms with van der Waals surface area (Å²) in [6.07, 6.45) is 9.02. The van der Waals surface area contributed by atoms with Crippen LogP contribution in [-0.2, 0) is 9.53 Å². The van der Waals surface area contributed by atoms with E-state index >= 15 is 0 Å². The van der Waals surface area contributed by atoms with Gasteiger partial charge in [0, 0.05) is 31.7 Å². The third-order valence-corrected chi connectivity index (χ3v) is 2.89. The first-order chi connectivity index (χ1) is 11.7. The molecular weight excluding hydrogens is 310 g/mol. The van der Waals surface area contributed by atoms with Gasteiger partial charge in [-0.25, -0.2) is 4.79 Å². The second kappa shape index (κ2) is 9.04. The number of pyridine rings is 2. The van der Waals surface area contributed by atoms with Crippen LogP contribution in [0, 0.1) is 0 Å². The highest BCUT2D eigenvalue weighted by Crippen LogP contribution is 2.06. The molecule has 0 saturated carbocycles. The molecule has 0 fully saturated rings. The van der Waals surface area contributed by atoms with Crippen molar-refractivity contribution in [2.75, 3.05) is 20.3 Å². The van der Waals surface area contributed by atoms with Crippen molar-refractivity contribution in [1.82, 2.24) is 15.3 Å². The van der Waals surface area contributed by atoms with Crippen LogP contribution in [0.1, 0.15) is 15.9 Å². The van der Waals surface area contributed by atoms with Crippen molar-refractivity contribution in [3.05, 3.63) is 60.2 Å². The average Bonchev–Trinajstić information content (AvgIpc) is 2.64. The third kappa shape index (κ3) is 5.53. The van der Waals surface area contributed by atoms with Gasteiger partial charge in [-0.3, -0.25) is 14.8 Å². The number of aromatic nitrogens is 2. The van der Waals surface area contributed by atoms with E-state index in [-0.39, 0.29) is 19.1 Å². The molecule has 124 valence electrons. The van der Waals surface area contributed by atoms with Gasteiger partial charge in [0.05, 0.1) is 11.8 Å². The Morgan fingerprint density at radius 2 is 2.08 bits per heavy atom. The van der Waals surface area contributed by atoms with E-state index in [2.05, 4.69) is 15.3 Å². The minimum atomic E-state index is -0.505. The highest BCUT2D eigenvalue weighted by Gasteiger charge is 2.04. The van der Waals surface area contributed by atoms with Crippen LogP contribution in [0.4, 0.5) is 0 Å². The molecule has 0 atom stereocenters. The fraction of sp³-hybridized carbons (Fsp3) is 0.176. The molecule has 7 heteroatoms. The average molecular weight is 327 g/mol. The van der Waals surface area contributed by atoms with E-state index in [1.54, 1.807) is 36.8 Å². The van der Waals surface area contributed by atoms with E-state index in [0.29, 0.717) is 16.9 Å². The molecule has 2 rings (SSSR count). The quantitative estimate of drug-likeness (QED) is 0.470. The van der Waals surface area contributed by atoms with E-state index in [4.69, 9.17) is 9.47 Å². The molecule has 0 aliphatic carbocycles. The Morgan fingerprint density at radius 1 is 1.21 bits per heavy atom. The zero-order valence-electron chi connectivity index (χ0n) is 13.1. The summed E-state index contributed by atoms with van der Waals surface area (Å²) in [5.41, 5.74) is 1.04. The summed E-state index contributed by atoms with van der Waals surface area (Å²) in [6, 6.07) is 5.15. The number of carbonyl (C=O) groups is 2. The zero-order valence-corrected chi connectivity index (χ0v) is 13.1. The summed E-state index contributed by atoms with van der Waals surface area (Å²) < 4.78 is 10.4. The first-order valence-electron chi connectivity index (χ1n) is 7.24. The molecule has 0 radical (unpaired) electrons. The van der Waals surface area contributed by atoms with Crippen molar-refractivity contribution < 1.29 is 19.1 Å². The van der Waals surface area contributed by atoms with Crippen LogP contribution in [-0.4, -0.2) is 42.1 Å². The Balaban J connectivity index is 1.77. The maximum atomic E-state index is 11.6. The van der Waals surface area contributed by atoms with E-state index in [9.17, 15) is 9.59 Å². The van der Waals surface area contributed by atoms with Gasteiger partial charge in [0.15, 0.2) is 0 Å². The molecule has 0 unspecified atom stereocenters. The smallest absolute Gasteiger partial charge is 0.330 e. The van der Waals surface area contributed by atoms with Crippen molar-refractivity contribution in [1.29, 1.82) is 0 Å². The summed E-state index contributed by atoms with van der Waals surface area (Å²) in [4.78, 5) is 31.0. The second-order valence-corrected chi connectivity index (χ2v) is 4.62. The normalized spacial score (nSPS) is 10.4. The summed E-state index contributed by atoms with van der Waals surface area (Å²) in [5.74, 6) is -0.135. The maximum Gasteiger partial charge on any atom is 0.330 e. The van der Waals surface area contributed by atoms with Gasteiger partial charge in [-0.05, 0) is 29.8 Å².